The monoisotopic (exact) mass is 559 g/mol. The van der Waals surface area contributed by atoms with Crippen molar-refractivity contribution in [3.05, 3.63) is 71.8 Å². The molecule has 3 fully saturated rings. The van der Waals surface area contributed by atoms with Gasteiger partial charge in [0.05, 0.1) is 6.61 Å². The lowest BCUT2D eigenvalue weighted by Crippen LogP contribution is -2.50. The Bertz CT molecular complexity index is 1100. The smallest absolute Gasteiger partial charge is 0.410 e. The first-order chi connectivity index (χ1) is 20.0. The number of likely N-dealkylation sites (tertiary alicyclic amines) is 1. The van der Waals surface area contributed by atoms with Gasteiger partial charge in [-0.3, -0.25) is 4.79 Å². The van der Waals surface area contributed by atoms with E-state index in [-0.39, 0.29) is 24.1 Å². The molecule has 1 saturated heterocycles. The molecule has 2 saturated carbocycles. The molecule has 0 spiro atoms. The normalized spacial score (nSPS) is 24.2. The number of amides is 2. The van der Waals surface area contributed by atoms with Crippen molar-refractivity contribution >= 4 is 12.0 Å². The second kappa shape index (κ2) is 14.4. The molecule has 2 aliphatic carbocycles. The fourth-order valence-electron chi connectivity index (χ4n) is 7.64. The van der Waals surface area contributed by atoms with E-state index in [1.165, 1.54) is 37.7 Å². The molecule has 0 aromatic heterocycles. The van der Waals surface area contributed by atoms with Gasteiger partial charge in [-0.1, -0.05) is 67.8 Å². The van der Waals surface area contributed by atoms with Gasteiger partial charge in [-0.25, -0.2) is 4.79 Å². The van der Waals surface area contributed by atoms with Crippen LogP contribution < -0.4 is 0 Å². The van der Waals surface area contributed by atoms with Crippen LogP contribution in [0.25, 0.3) is 0 Å². The molecule has 3 aliphatic rings. The number of rotatable bonds is 9. The Kier molecular flexibility index (Phi) is 10.4. The lowest BCUT2D eigenvalue weighted by molar-refractivity contribution is 0.0532. The third-order valence-corrected chi connectivity index (χ3v) is 9.96. The highest BCUT2D eigenvalue weighted by Crippen LogP contribution is 2.42. The van der Waals surface area contributed by atoms with Gasteiger partial charge in [0.15, 0.2) is 0 Å². The van der Waals surface area contributed by atoms with Crippen LogP contribution in [0.4, 0.5) is 4.79 Å². The molecule has 6 nitrogen and oxygen atoms in total. The Balaban J connectivity index is 1.22. The summed E-state index contributed by atoms with van der Waals surface area (Å²) in [6.45, 7) is 6.25. The molecule has 41 heavy (non-hydrogen) atoms. The van der Waals surface area contributed by atoms with E-state index in [9.17, 15) is 9.59 Å². The molecule has 3 atom stereocenters. The van der Waals surface area contributed by atoms with Crippen LogP contribution >= 0.6 is 0 Å². The van der Waals surface area contributed by atoms with Gasteiger partial charge in [-0.15, -0.1) is 0 Å². The second-order valence-corrected chi connectivity index (χ2v) is 12.6. The summed E-state index contributed by atoms with van der Waals surface area (Å²) in [5.41, 5.74) is 2.15. The summed E-state index contributed by atoms with van der Waals surface area (Å²) in [5, 5.41) is 0. The minimum atomic E-state index is -0.120. The molecule has 0 N–H and O–H groups in total. The summed E-state index contributed by atoms with van der Waals surface area (Å²) in [6, 6.07) is 21.0. The van der Waals surface area contributed by atoms with Crippen molar-refractivity contribution in [3.8, 4) is 0 Å². The SMILES string of the molecule is CCOC(=O)N(CC1CCCCC1)C1CCN(CC2CC(N(C)C(=O)c3ccccc3)CC2c2ccccc2)CC1. The summed E-state index contributed by atoms with van der Waals surface area (Å²) < 4.78 is 5.52. The first kappa shape index (κ1) is 29.6. The van der Waals surface area contributed by atoms with Crippen LogP contribution in [0.3, 0.4) is 0 Å². The Morgan fingerprint density at radius 1 is 0.854 bits per heavy atom. The van der Waals surface area contributed by atoms with Crippen LogP contribution in [-0.4, -0.2) is 78.6 Å². The van der Waals surface area contributed by atoms with E-state index in [4.69, 9.17) is 4.74 Å². The van der Waals surface area contributed by atoms with Gasteiger partial charge >= 0.3 is 6.09 Å². The molecular formula is C35H49N3O3. The Labute approximate surface area is 247 Å². The minimum Gasteiger partial charge on any atom is -0.450 e. The summed E-state index contributed by atoms with van der Waals surface area (Å²) in [4.78, 5) is 33.0. The molecule has 1 heterocycles. The first-order valence-corrected chi connectivity index (χ1v) is 16.1. The summed E-state index contributed by atoms with van der Waals surface area (Å²) in [7, 11) is 1.98. The highest BCUT2D eigenvalue weighted by molar-refractivity contribution is 5.94. The molecule has 2 aromatic rings. The number of nitrogens with zero attached hydrogens (tertiary/aromatic N) is 3. The maximum atomic E-state index is 13.3. The molecule has 2 aromatic carbocycles. The van der Waals surface area contributed by atoms with Crippen molar-refractivity contribution < 1.29 is 14.3 Å². The third kappa shape index (κ3) is 7.51. The Morgan fingerprint density at radius 3 is 2.17 bits per heavy atom. The molecule has 2 amide bonds. The summed E-state index contributed by atoms with van der Waals surface area (Å²) >= 11 is 0. The van der Waals surface area contributed by atoms with E-state index in [0.717, 1.165) is 57.4 Å². The van der Waals surface area contributed by atoms with E-state index < -0.39 is 0 Å². The van der Waals surface area contributed by atoms with E-state index >= 15 is 0 Å². The lowest BCUT2D eigenvalue weighted by atomic mass is 9.87. The first-order valence-electron chi connectivity index (χ1n) is 16.1. The van der Waals surface area contributed by atoms with Gasteiger partial charge in [-0.2, -0.15) is 0 Å². The highest BCUT2D eigenvalue weighted by Gasteiger charge is 2.40. The highest BCUT2D eigenvalue weighted by atomic mass is 16.6. The molecule has 0 bridgehead atoms. The average molecular weight is 560 g/mol. The summed E-state index contributed by atoms with van der Waals surface area (Å²) in [5.74, 6) is 1.66. The van der Waals surface area contributed by atoms with Crippen LogP contribution in [0.2, 0.25) is 0 Å². The maximum Gasteiger partial charge on any atom is 0.410 e. The average Bonchev–Trinajstić information content (AvgIpc) is 3.44. The number of carbonyl (C=O) groups excluding carboxylic acids is 2. The Morgan fingerprint density at radius 2 is 1.51 bits per heavy atom. The van der Waals surface area contributed by atoms with Crippen molar-refractivity contribution in [2.45, 2.75) is 82.7 Å². The van der Waals surface area contributed by atoms with Gasteiger partial charge in [0, 0.05) is 50.9 Å². The van der Waals surface area contributed by atoms with Gasteiger partial charge in [0.1, 0.15) is 0 Å². The largest absolute Gasteiger partial charge is 0.450 e. The maximum absolute atomic E-state index is 13.3. The molecule has 3 unspecified atom stereocenters. The van der Waals surface area contributed by atoms with Crippen molar-refractivity contribution in [1.82, 2.24) is 14.7 Å². The van der Waals surface area contributed by atoms with Crippen molar-refractivity contribution in [3.63, 3.8) is 0 Å². The fourth-order valence-corrected chi connectivity index (χ4v) is 7.64. The number of piperidine rings is 1. The zero-order valence-corrected chi connectivity index (χ0v) is 25.1. The Hall–Kier alpha value is -2.86. The van der Waals surface area contributed by atoms with Crippen molar-refractivity contribution in [2.24, 2.45) is 11.8 Å². The second-order valence-electron chi connectivity index (χ2n) is 12.6. The zero-order chi connectivity index (χ0) is 28.6. The van der Waals surface area contributed by atoms with Gasteiger partial charge in [-0.05, 0) is 80.9 Å². The van der Waals surface area contributed by atoms with Crippen LogP contribution in [-0.2, 0) is 4.74 Å². The number of hydrogen-bond acceptors (Lipinski definition) is 4. The standard InChI is InChI=1S/C35H49N3O3/c1-3-41-35(40)38(25-27-13-7-4-8-14-27)31-19-21-37(22-20-31)26-30-23-32(24-33(30)28-15-9-5-10-16-28)36(2)34(39)29-17-11-6-12-18-29/h5-6,9-12,15-18,27,30-33H,3-4,7-8,13-14,19-26H2,1-2H3. The number of ether oxygens (including phenoxy) is 1. The fraction of sp³-hybridized carbons (Fsp3) is 0.600. The third-order valence-electron chi connectivity index (χ3n) is 9.96. The van der Waals surface area contributed by atoms with Crippen LogP contribution in [0.5, 0.6) is 0 Å². The zero-order valence-electron chi connectivity index (χ0n) is 25.1. The number of benzene rings is 2. The number of carbonyl (C=O) groups is 2. The number of hydrogen-bond donors (Lipinski definition) is 0. The predicted octanol–water partition coefficient (Wildman–Crippen LogP) is 6.82. The van der Waals surface area contributed by atoms with Crippen molar-refractivity contribution in [2.75, 3.05) is 39.8 Å². The predicted molar refractivity (Wildman–Crippen MR) is 164 cm³/mol. The van der Waals surface area contributed by atoms with E-state index in [0.29, 0.717) is 24.4 Å². The van der Waals surface area contributed by atoms with E-state index in [1.54, 1.807) is 0 Å². The molecule has 222 valence electrons. The lowest BCUT2D eigenvalue weighted by Gasteiger charge is -2.41. The van der Waals surface area contributed by atoms with Gasteiger partial charge in [0.2, 0.25) is 0 Å². The van der Waals surface area contributed by atoms with Gasteiger partial charge < -0.3 is 19.4 Å². The topological polar surface area (TPSA) is 53.1 Å². The van der Waals surface area contributed by atoms with Crippen molar-refractivity contribution in [1.29, 1.82) is 0 Å². The van der Waals surface area contributed by atoms with E-state index in [2.05, 4.69) is 40.1 Å². The molecular weight excluding hydrogens is 510 g/mol. The summed E-state index contributed by atoms with van der Waals surface area (Å²) in [6.07, 6.45) is 10.3. The van der Waals surface area contributed by atoms with Gasteiger partial charge in [0.25, 0.3) is 5.91 Å². The van der Waals surface area contributed by atoms with Crippen LogP contribution in [0.1, 0.15) is 86.6 Å². The quantitative estimate of drug-likeness (QED) is 0.338. The molecule has 0 radical (unpaired) electrons. The van der Waals surface area contributed by atoms with Crippen LogP contribution in [0, 0.1) is 11.8 Å². The minimum absolute atomic E-state index is 0.112. The van der Waals surface area contributed by atoms with E-state index in [1.807, 2.05) is 49.2 Å². The van der Waals surface area contributed by atoms with Crippen LogP contribution in [0.15, 0.2) is 60.7 Å². The molecule has 6 heteroatoms. The molecule has 5 rings (SSSR count). The molecule has 1 aliphatic heterocycles.